The smallest absolute Gasteiger partial charge is 0.409 e. The van der Waals surface area contributed by atoms with Gasteiger partial charge in [-0.25, -0.2) is 13.2 Å². The molecule has 28 heavy (non-hydrogen) atoms. The molecule has 1 fully saturated rings. The second-order valence-corrected chi connectivity index (χ2v) is 8.37. The van der Waals surface area contributed by atoms with Gasteiger partial charge in [-0.15, -0.1) is 0 Å². The van der Waals surface area contributed by atoms with Gasteiger partial charge < -0.3 is 19.5 Å². The monoisotopic (exact) mass is 402 g/mol. The van der Waals surface area contributed by atoms with Crippen molar-refractivity contribution in [1.29, 1.82) is 5.26 Å². The summed E-state index contributed by atoms with van der Waals surface area (Å²) in [5, 5.41) is 9.47. The van der Waals surface area contributed by atoms with E-state index in [-0.39, 0.29) is 21.6 Å². The molecule has 1 aromatic heterocycles. The van der Waals surface area contributed by atoms with E-state index in [0.717, 1.165) is 5.56 Å². The van der Waals surface area contributed by atoms with Crippen LogP contribution in [0.5, 0.6) is 0 Å². The van der Waals surface area contributed by atoms with Gasteiger partial charge in [0.05, 0.1) is 22.8 Å². The largest absolute Gasteiger partial charge is 0.450 e. The van der Waals surface area contributed by atoms with Crippen molar-refractivity contribution in [1.82, 2.24) is 9.88 Å². The molecule has 1 N–H and O–H groups in total. The van der Waals surface area contributed by atoms with Crippen LogP contribution in [0.1, 0.15) is 18.1 Å². The molecule has 9 heteroatoms. The van der Waals surface area contributed by atoms with Crippen LogP contribution in [0.3, 0.4) is 0 Å². The Labute approximate surface area is 164 Å². The van der Waals surface area contributed by atoms with E-state index in [1.807, 2.05) is 11.8 Å². The number of nitrogens with one attached hydrogen (secondary N) is 1. The first-order valence-electron chi connectivity index (χ1n) is 8.98. The van der Waals surface area contributed by atoms with Crippen molar-refractivity contribution >= 4 is 21.6 Å². The number of benzene rings is 1. The van der Waals surface area contributed by atoms with E-state index in [1.165, 1.54) is 6.20 Å². The zero-order valence-corrected chi connectivity index (χ0v) is 16.6. The van der Waals surface area contributed by atoms with Crippen molar-refractivity contribution in [3.63, 3.8) is 0 Å². The number of aromatic amines is 1. The lowest BCUT2D eigenvalue weighted by Crippen LogP contribution is -2.49. The lowest BCUT2D eigenvalue weighted by atomic mass is 10.2. The van der Waals surface area contributed by atoms with E-state index in [9.17, 15) is 18.5 Å². The van der Waals surface area contributed by atoms with Crippen LogP contribution in [0.15, 0.2) is 40.4 Å². The molecule has 0 aliphatic carbocycles. The molecular weight excluding hydrogens is 380 g/mol. The maximum absolute atomic E-state index is 13.1. The van der Waals surface area contributed by atoms with Crippen molar-refractivity contribution < 1.29 is 17.9 Å². The predicted octanol–water partition coefficient (Wildman–Crippen LogP) is 2.31. The molecule has 0 radical (unpaired) electrons. The number of aryl methyl sites for hydroxylation is 1. The Morgan fingerprint density at radius 1 is 1.21 bits per heavy atom. The predicted molar refractivity (Wildman–Crippen MR) is 103 cm³/mol. The highest BCUT2D eigenvalue weighted by Gasteiger charge is 2.31. The highest BCUT2D eigenvalue weighted by molar-refractivity contribution is 7.91. The van der Waals surface area contributed by atoms with E-state index in [1.54, 1.807) is 36.1 Å². The van der Waals surface area contributed by atoms with E-state index in [2.05, 4.69) is 11.1 Å². The summed E-state index contributed by atoms with van der Waals surface area (Å²) >= 11 is 0. The van der Waals surface area contributed by atoms with Gasteiger partial charge in [-0.1, -0.05) is 17.7 Å². The van der Waals surface area contributed by atoms with Gasteiger partial charge in [-0.05, 0) is 26.0 Å². The van der Waals surface area contributed by atoms with Gasteiger partial charge in [-0.3, -0.25) is 0 Å². The fourth-order valence-electron chi connectivity index (χ4n) is 3.16. The van der Waals surface area contributed by atoms with Gasteiger partial charge in [0, 0.05) is 32.4 Å². The Kier molecular flexibility index (Phi) is 5.61. The van der Waals surface area contributed by atoms with Crippen LogP contribution in [0, 0.1) is 18.3 Å². The van der Waals surface area contributed by atoms with Gasteiger partial charge in [0.25, 0.3) is 0 Å². The minimum atomic E-state index is -3.82. The Bertz CT molecular complexity index is 998. The molecule has 0 saturated carbocycles. The van der Waals surface area contributed by atoms with Crippen LogP contribution >= 0.6 is 0 Å². The minimum absolute atomic E-state index is 0.00233. The number of aromatic nitrogens is 1. The van der Waals surface area contributed by atoms with Gasteiger partial charge >= 0.3 is 6.09 Å². The molecule has 0 spiro atoms. The first-order valence-corrected chi connectivity index (χ1v) is 10.5. The van der Waals surface area contributed by atoms with E-state index in [0.29, 0.717) is 38.5 Å². The molecule has 2 aromatic rings. The average Bonchev–Trinajstić information content (AvgIpc) is 3.13. The zero-order valence-electron chi connectivity index (χ0n) is 15.8. The third-order valence-electron chi connectivity index (χ3n) is 4.66. The Balaban J connectivity index is 1.91. The van der Waals surface area contributed by atoms with Crippen molar-refractivity contribution in [3.8, 4) is 6.07 Å². The maximum atomic E-state index is 13.1. The molecule has 1 aliphatic rings. The average molecular weight is 402 g/mol. The Morgan fingerprint density at radius 2 is 1.86 bits per heavy atom. The number of sulfone groups is 1. The molecular formula is C19H22N4O4S. The second-order valence-electron chi connectivity index (χ2n) is 6.48. The third-order valence-corrected chi connectivity index (χ3v) is 6.40. The molecule has 148 valence electrons. The highest BCUT2D eigenvalue weighted by atomic mass is 32.2. The number of anilines is 1. The number of nitriles is 1. The van der Waals surface area contributed by atoms with Crippen molar-refractivity contribution in [3.05, 3.63) is 41.6 Å². The van der Waals surface area contributed by atoms with Gasteiger partial charge in [-0.2, -0.15) is 5.26 Å². The molecule has 1 saturated heterocycles. The summed E-state index contributed by atoms with van der Waals surface area (Å²) in [5.41, 5.74) is 1.57. The number of hydrogen-bond acceptors (Lipinski definition) is 6. The number of nitrogens with zero attached hydrogens (tertiary/aromatic N) is 3. The van der Waals surface area contributed by atoms with Gasteiger partial charge in [0.2, 0.25) is 9.84 Å². The van der Waals surface area contributed by atoms with Crippen molar-refractivity contribution in [2.45, 2.75) is 23.8 Å². The number of amides is 1. The number of carbonyl (C=O) groups is 1. The van der Waals surface area contributed by atoms with Crippen LogP contribution in [-0.2, 0) is 14.6 Å². The summed E-state index contributed by atoms with van der Waals surface area (Å²) < 4.78 is 31.3. The number of rotatable bonds is 4. The normalized spacial score (nSPS) is 14.6. The first-order chi connectivity index (χ1) is 13.4. The summed E-state index contributed by atoms with van der Waals surface area (Å²) in [6, 6.07) is 8.64. The fourth-order valence-corrected chi connectivity index (χ4v) is 4.60. The molecule has 1 aromatic carbocycles. The van der Waals surface area contributed by atoms with Crippen LogP contribution in [0.2, 0.25) is 0 Å². The van der Waals surface area contributed by atoms with Crippen LogP contribution < -0.4 is 4.90 Å². The minimum Gasteiger partial charge on any atom is -0.450 e. The standard InChI is InChI=1S/C19H22N4O4S/c1-3-27-19(24)23-10-8-22(9-11-23)17-15(12-20)13-21-18(17)28(25,26)16-6-4-14(2)5-7-16/h4-7,13,21H,3,8-11H2,1-2H3. The Hall–Kier alpha value is -2.99. The van der Waals surface area contributed by atoms with Gasteiger partial charge in [0.1, 0.15) is 6.07 Å². The van der Waals surface area contributed by atoms with Crippen molar-refractivity contribution in [2.75, 3.05) is 37.7 Å². The second kappa shape index (κ2) is 7.94. The molecule has 8 nitrogen and oxygen atoms in total. The number of hydrogen-bond donors (Lipinski definition) is 1. The molecule has 0 bridgehead atoms. The van der Waals surface area contributed by atoms with Crippen LogP contribution in [0.4, 0.5) is 10.5 Å². The maximum Gasteiger partial charge on any atom is 0.409 e. The molecule has 3 rings (SSSR count). The Morgan fingerprint density at radius 3 is 2.43 bits per heavy atom. The van der Waals surface area contributed by atoms with Crippen LogP contribution in [0.25, 0.3) is 0 Å². The third kappa shape index (κ3) is 3.68. The molecule has 0 unspecified atom stereocenters. The summed E-state index contributed by atoms with van der Waals surface area (Å²) in [7, 11) is -3.82. The number of H-pyrrole nitrogens is 1. The van der Waals surface area contributed by atoms with E-state index >= 15 is 0 Å². The van der Waals surface area contributed by atoms with Gasteiger partial charge in [0.15, 0.2) is 5.03 Å². The number of piperazine rings is 1. The topological polar surface area (TPSA) is 106 Å². The summed E-state index contributed by atoms with van der Waals surface area (Å²) in [6.45, 7) is 5.51. The quantitative estimate of drug-likeness (QED) is 0.841. The number of ether oxygens (including phenoxy) is 1. The van der Waals surface area contributed by atoms with Crippen molar-refractivity contribution in [2.24, 2.45) is 0 Å². The summed E-state index contributed by atoms with van der Waals surface area (Å²) in [6.07, 6.45) is 1.03. The lowest BCUT2D eigenvalue weighted by molar-refractivity contribution is 0.105. The lowest BCUT2D eigenvalue weighted by Gasteiger charge is -2.35. The first kappa shape index (κ1) is 19.8. The SMILES string of the molecule is CCOC(=O)N1CCN(c2c(C#N)c[nH]c2S(=O)(=O)c2ccc(C)cc2)CC1. The number of carbonyl (C=O) groups excluding carboxylic acids is 1. The molecule has 0 atom stereocenters. The van der Waals surface area contributed by atoms with Crippen LogP contribution in [-0.4, -0.2) is 57.2 Å². The van der Waals surface area contributed by atoms with E-state index < -0.39 is 9.84 Å². The van der Waals surface area contributed by atoms with E-state index in [4.69, 9.17) is 4.74 Å². The fraction of sp³-hybridized carbons (Fsp3) is 0.368. The zero-order chi connectivity index (χ0) is 20.3. The molecule has 2 heterocycles. The highest BCUT2D eigenvalue weighted by Crippen LogP contribution is 2.33. The molecule has 1 amide bonds. The summed E-state index contributed by atoms with van der Waals surface area (Å²) in [5.74, 6) is 0. The summed E-state index contributed by atoms with van der Waals surface area (Å²) in [4.78, 5) is 18.2. The molecule has 1 aliphatic heterocycles.